The molecule has 1 saturated heterocycles. The molecule has 0 aromatic heterocycles. The van der Waals surface area contributed by atoms with Crippen LogP contribution in [0.25, 0.3) is 0 Å². The quantitative estimate of drug-likeness (QED) is 0.823. The first-order valence-corrected chi connectivity index (χ1v) is 7.88. The number of benzene rings is 1. The normalized spacial score (nSPS) is 30.3. The van der Waals surface area contributed by atoms with Gasteiger partial charge in [-0.25, -0.2) is 4.79 Å². The van der Waals surface area contributed by atoms with Gasteiger partial charge in [-0.2, -0.15) is 0 Å². The highest BCUT2D eigenvalue weighted by molar-refractivity contribution is 5.89. The van der Waals surface area contributed by atoms with Crippen molar-refractivity contribution >= 4 is 11.9 Å². The summed E-state index contributed by atoms with van der Waals surface area (Å²) in [5, 5.41) is 6.60. The van der Waals surface area contributed by atoms with Gasteiger partial charge in [0.15, 0.2) is 0 Å². The van der Waals surface area contributed by atoms with Crippen molar-refractivity contribution in [3.63, 3.8) is 0 Å². The van der Waals surface area contributed by atoms with E-state index in [1.54, 1.807) is 12.1 Å². The van der Waals surface area contributed by atoms with E-state index in [1.165, 1.54) is 13.5 Å². The molecule has 3 atom stereocenters. The van der Waals surface area contributed by atoms with Gasteiger partial charge in [0.05, 0.1) is 24.3 Å². The second-order valence-corrected chi connectivity index (χ2v) is 6.70. The van der Waals surface area contributed by atoms with Gasteiger partial charge in [-0.3, -0.25) is 4.79 Å². The highest BCUT2D eigenvalue weighted by Gasteiger charge is 2.51. The van der Waals surface area contributed by atoms with Gasteiger partial charge in [-0.05, 0) is 49.3 Å². The van der Waals surface area contributed by atoms with E-state index in [1.807, 2.05) is 12.1 Å². The van der Waals surface area contributed by atoms with Crippen molar-refractivity contribution in [2.24, 2.45) is 5.92 Å². The zero-order chi connectivity index (χ0) is 15.3. The zero-order valence-electron chi connectivity index (χ0n) is 12.6. The van der Waals surface area contributed by atoms with Gasteiger partial charge < -0.3 is 15.4 Å². The smallest absolute Gasteiger partial charge is 0.337 e. The summed E-state index contributed by atoms with van der Waals surface area (Å²) in [5.41, 5.74) is 1.36. The van der Waals surface area contributed by atoms with E-state index in [0.717, 1.165) is 24.8 Å². The molecular formula is C17H20N2O3. The van der Waals surface area contributed by atoms with Crippen LogP contribution in [0.4, 0.5) is 0 Å². The fourth-order valence-electron chi connectivity index (χ4n) is 3.50. The number of hydrogen-bond acceptors (Lipinski definition) is 4. The Bertz CT molecular complexity index is 611. The number of esters is 1. The largest absolute Gasteiger partial charge is 0.465 e. The molecule has 1 amide bonds. The molecule has 1 aromatic carbocycles. The number of rotatable bonds is 4. The highest BCUT2D eigenvalue weighted by atomic mass is 16.5. The fourth-order valence-corrected chi connectivity index (χ4v) is 3.50. The van der Waals surface area contributed by atoms with Crippen LogP contribution < -0.4 is 10.6 Å². The summed E-state index contributed by atoms with van der Waals surface area (Å²) < 4.78 is 4.71. The van der Waals surface area contributed by atoms with Crippen LogP contribution >= 0.6 is 0 Å². The van der Waals surface area contributed by atoms with E-state index in [-0.39, 0.29) is 23.5 Å². The molecule has 2 saturated carbocycles. The Labute approximate surface area is 129 Å². The van der Waals surface area contributed by atoms with Gasteiger partial charge >= 0.3 is 5.97 Å². The van der Waals surface area contributed by atoms with Crippen LogP contribution in [0.1, 0.15) is 41.6 Å². The van der Waals surface area contributed by atoms with E-state index in [0.29, 0.717) is 17.5 Å². The average Bonchev–Trinajstić information content (AvgIpc) is 3.46. The topological polar surface area (TPSA) is 67.4 Å². The third-order valence-corrected chi connectivity index (χ3v) is 5.16. The number of ether oxygens (including phenoxy) is 1. The fraction of sp³-hybridized carbons (Fsp3) is 0.529. The Morgan fingerprint density at radius 2 is 1.95 bits per heavy atom. The van der Waals surface area contributed by atoms with E-state index in [9.17, 15) is 9.59 Å². The van der Waals surface area contributed by atoms with E-state index in [4.69, 9.17) is 4.74 Å². The van der Waals surface area contributed by atoms with Crippen LogP contribution in [0.15, 0.2) is 24.3 Å². The molecule has 1 heterocycles. The second-order valence-electron chi connectivity index (χ2n) is 6.70. The van der Waals surface area contributed by atoms with E-state index in [2.05, 4.69) is 10.6 Å². The van der Waals surface area contributed by atoms with Crippen molar-refractivity contribution in [3.8, 4) is 0 Å². The molecule has 0 spiro atoms. The molecule has 0 bridgehead atoms. The maximum Gasteiger partial charge on any atom is 0.337 e. The maximum absolute atomic E-state index is 12.4. The molecule has 22 heavy (non-hydrogen) atoms. The SMILES string of the molecule is COC(=O)c1ccc(C2(NC(=O)[C@H]3C[C@@H]4C[C@H]4N3)CC2)cc1. The Morgan fingerprint density at radius 3 is 2.50 bits per heavy atom. The van der Waals surface area contributed by atoms with E-state index >= 15 is 0 Å². The van der Waals surface area contributed by atoms with Gasteiger partial charge in [0.2, 0.25) is 5.91 Å². The van der Waals surface area contributed by atoms with Crippen molar-refractivity contribution in [2.75, 3.05) is 7.11 Å². The zero-order valence-corrected chi connectivity index (χ0v) is 12.6. The molecule has 1 aromatic rings. The number of fused-ring (bicyclic) bond motifs is 1. The minimum Gasteiger partial charge on any atom is -0.465 e. The summed E-state index contributed by atoms with van der Waals surface area (Å²) in [5.74, 6) is 0.488. The predicted octanol–water partition coefficient (Wildman–Crippen LogP) is 1.33. The number of methoxy groups -OCH3 is 1. The minimum atomic E-state index is -0.338. The van der Waals surface area contributed by atoms with Gasteiger partial charge in [0, 0.05) is 6.04 Å². The summed E-state index contributed by atoms with van der Waals surface area (Å²) in [4.78, 5) is 23.9. The first-order chi connectivity index (χ1) is 10.6. The summed E-state index contributed by atoms with van der Waals surface area (Å²) in [7, 11) is 1.37. The van der Waals surface area contributed by atoms with Crippen molar-refractivity contribution in [1.29, 1.82) is 0 Å². The van der Waals surface area contributed by atoms with Crippen molar-refractivity contribution in [2.45, 2.75) is 43.3 Å². The standard InChI is InChI=1S/C17H20N2O3/c1-22-16(21)10-2-4-12(5-3-10)17(6-7-17)19-15(20)14-9-11-8-13(11)18-14/h2-5,11,13-14,18H,6-9H2,1H3,(H,19,20)/t11-,13+,14+/m0/s1. The van der Waals surface area contributed by atoms with Crippen LogP contribution in [0, 0.1) is 5.92 Å². The third-order valence-electron chi connectivity index (χ3n) is 5.16. The maximum atomic E-state index is 12.4. The number of nitrogens with one attached hydrogen (secondary N) is 2. The Hall–Kier alpha value is -1.88. The predicted molar refractivity (Wildman–Crippen MR) is 80.3 cm³/mol. The molecule has 1 aliphatic heterocycles. The summed E-state index contributed by atoms with van der Waals surface area (Å²) in [6.07, 6.45) is 4.10. The van der Waals surface area contributed by atoms with Gasteiger partial charge in [-0.1, -0.05) is 12.1 Å². The summed E-state index contributed by atoms with van der Waals surface area (Å²) in [6, 6.07) is 7.89. The highest BCUT2D eigenvalue weighted by Crippen LogP contribution is 2.46. The summed E-state index contributed by atoms with van der Waals surface area (Å²) >= 11 is 0. The monoisotopic (exact) mass is 300 g/mol. The molecule has 116 valence electrons. The first-order valence-electron chi connectivity index (χ1n) is 7.88. The van der Waals surface area contributed by atoms with Crippen LogP contribution in [0.5, 0.6) is 0 Å². The minimum absolute atomic E-state index is 0.0319. The molecule has 2 aliphatic carbocycles. The third kappa shape index (κ3) is 2.29. The van der Waals surface area contributed by atoms with Crippen LogP contribution in [-0.4, -0.2) is 31.1 Å². The molecule has 3 fully saturated rings. The molecule has 0 unspecified atom stereocenters. The van der Waals surface area contributed by atoms with Crippen LogP contribution in [0.2, 0.25) is 0 Å². The lowest BCUT2D eigenvalue weighted by Crippen LogP contribution is -2.46. The average molecular weight is 300 g/mol. The summed E-state index contributed by atoms with van der Waals surface area (Å²) in [6.45, 7) is 0. The van der Waals surface area contributed by atoms with Crippen LogP contribution in [0.3, 0.4) is 0 Å². The Kier molecular flexibility index (Phi) is 3.01. The molecule has 4 rings (SSSR count). The van der Waals surface area contributed by atoms with Gasteiger partial charge in [-0.15, -0.1) is 0 Å². The number of amides is 1. The molecule has 2 N–H and O–H groups in total. The van der Waals surface area contributed by atoms with Gasteiger partial charge in [0.25, 0.3) is 0 Å². The second kappa shape index (κ2) is 4.81. The lowest BCUT2D eigenvalue weighted by atomic mass is 10.0. The molecular weight excluding hydrogens is 280 g/mol. The molecule has 5 heteroatoms. The Morgan fingerprint density at radius 1 is 1.23 bits per heavy atom. The number of piperidine rings is 1. The van der Waals surface area contributed by atoms with Crippen molar-refractivity contribution < 1.29 is 14.3 Å². The van der Waals surface area contributed by atoms with E-state index < -0.39 is 0 Å². The molecule has 5 nitrogen and oxygen atoms in total. The number of hydrogen-bond donors (Lipinski definition) is 2. The van der Waals surface area contributed by atoms with Gasteiger partial charge in [0.1, 0.15) is 0 Å². The number of carbonyl (C=O) groups excluding carboxylic acids is 2. The molecule has 3 aliphatic rings. The van der Waals surface area contributed by atoms with Crippen LogP contribution in [-0.2, 0) is 15.1 Å². The molecule has 0 radical (unpaired) electrons. The lowest BCUT2D eigenvalue weighted by Gasteiger charge is -2.21. The van der Waals surface area contributed by atoms with Crippen molar-refractivity contribution in [1.82, 2.24) is 10.6 Å². The van der Waals surface area contributed by atoms with Crippen molar-refractivity contribution in [3.05, 3.63) is 35.4 Å². The first kappa shape index (κ1) is 13.8. The lowest BCUT2D eigenvalue weighted by molar-refractivity contribution is -0.124. The Balaban J connectivity index is 1.44. The number of carbonyl (C=O) groups is 2.